The first-order valence-electron chi connectivity index (χ1n) is 7.38. The Morgan fingerprint density at radius 2 is 1.67 bits per heavy atom. The van der Waals surface area contributed by atoms with Gasteiger partial charge in [-0.1, -0.05) is 6.07 Å². The van der Waals surface area contributed by atoms with E-state index in [1.165, 1.54) is 0 Å². The smallest absolute Gasteiger partial charge is 0.203 e. The third kappa shape index (κ3) is 3.80. The standard InChI is InChI=1S/C16H25NO4/c1-19-14-9-4-11(15(20-2)16(14)21-3)10-17-12-5-7-13(18)8-6-12/h4,9,12-13,17-18H,5-8,10H2,1-3H3. The van der Waals surface area contributed by atoms with Gasteiger partial charge >= 0.3 is 0 Å². The number of hydrogen-bond acceptors (Lipinski definition) is 5. The lowest BCUT2D eigenvalue weighted by atomic mass is 9.93. The van der Waals surface area contributed by atoms with Crippen molar-refractivity contribution >= 4 is 0 Å². The van der Waals surface area contributed by atoms with Crippen LogP contribution < -0.4 is 19.5 Å². The van der Waals surface area contributed by atoms with E-state index in [0.29, 0.717) is 29.8 Å². The Morgan fingerprint density at radius 1 is 1.00 bits per heavy atom. The number of nitrogens with one attached hydrogen (secondary N) is 1. The van der Waals surface area contributed by atoms with Gasteiger partial charge in [-0.05, 0) is 31.7 Å². The molecular formula is C16H25NO4. The summed E-state index contributed by atoms with van der Waals surface area (Å²) < 4.78 is 16.2. The first-order valence-corrected chi connectivity index (χ1v) is 7.38. The van der Waals surface area contributed by atoms with E-state index in [4.69, 9.17) is 14.2 Å². The van der Waals surface area contributed by atoms with Crippen molar-refractivity contribution in [3.05, 3.63) is 17.7 Å². The Bertz CT molecular complexity index is 456. The van der Waals surface area contributed by atoms with Gasteiger partial charge in [0, 0.05) is 18.2 Å². The molecule has 0 unspecified atom stereocenters. The Hall–Kier alpha value is -1.46. The summed E-state index contributed by atoms with van der Waals surface area (Å²) >= 11 is 0. The zero-order valence-corrected chi connectivity index (χ0v) is 13.0. The van der Waals surface area contributed by atoms with Crippen LogP contribution in [0.4, 0.5) is 0 Å². The second kappa shape index (κ2) is 7.52. The van der Waals surface area contributed by atoms with Crippen molar-refractivity contribution in [3.63, 3.8) is 0 Å². The predicted molar refractivity (Wildman–Crippen MR) is 81.2 cm³/mol. The summed E-state index contributed by atoms with van der Waals surface area (Å²) in [7, 11) is 4.86. The van der Waals surface area contributed by atoms with Gasteiger partial charge in [0.2, 0.25) is 5.75 Å². The van der Waals surface area contributed by atoms with Crippen molar-refractivity contribution in [2.24, 2.45) is 0 Å². The molecule has 0 aromatic heterocycles. The van der Waals surface area contributed by atoms with Crippen molar-refractivity contribution < 1.29 is 19.3 Å². The van der Waals surface area contributed by atoms with E-state index in [-0.39, 0.29) is 6.10 Å². The van der Waals surface area contributed by atoms with Crippen molar-refractivity contribution in [1.82, 2.24) is 5.32 Å². The van der Waals surface area contributed by atoms with Gasteiger partial charge in [-0.3, -0.25) is 0 Å². The summed E-state index contributed by atoms with van der Waals surface area (Å²) in [5.74, 6) is 2.00. The minimum Gasteiger partial charge on any atom is -0.493 e. The van der Waals surface area contributed by atoms with Crippen LogP contribution in [0.5, 0.6) is 17.2 Å². The summed E-state index contributed by atoms with van der Waals surface area (Å²) in [6, 6.07) is 4.33. The summed E-state index contributed by atoms with van der Waals surface area (Å²) in [5.41, 5.74) is 1.04. The summed E-state index contributed by atoms with van der Waals surface area (Å²) in [6.07, 6.45) is 3.65. The molecule has 0 radical (unpaired) electrons. The van der Waals surface area contributed by atoms with Gasteiger partial charge in [0.05, 0.1) is 27.4 Å². The van der Waals surface area contributed by atoms with Crippen LogP contribution in [0.25, 0.3) is 0 Å². The number of methoxy groups -OCH3 is 3. The summed E-state index contributed by atoms with van der Waals surface area (Å²) in [4.78, 5) is 0. The molecule has 0 amide bonds. The fraction of sp³-hybridized carbons (Fsp3) is 0.625. The second-order valence-corrected chi connectivity index (χ2v) is 5.38. The summed E-state index contributed by atoms with van der Waals surface area (Å²) in [6.45, 7) is 0.713. The number of ether oxygens (including phenoxy) is 3. The molecule has 0 heterocycles. The third-order valence-electron chi connectivity index (χ3n) is 4.06. The molecule has 5 heteroatoms. The monoisotopic (exact) mass is 295 g/mol. The van der Waals surface area contributed by atoms with Gasteiger partial charge in [0.1, 0.15) is 0 Å². The molecule has 1 fully saturated rings. The molecule has 1 aromatic carbocycles. The Morgan fingerprint density at radius 3 is 2.24 bits per heavy atom. The lowest BCUT2D eigenvalue weighted by Gasteiger charge is -2.26. The molecule has 118 valence electrons. The second-order valence-electron chi connectivity index (χ2n) is 5.38. The quantitative estimate of drug-likeness (QED) is 0.841. The van der Waals surface area contributed by atoms with E-state index < -0.39 is 0 Å². The van der Waals surface area contributed by atoms with Crippen LogP contribution in [0.15, 0.2) is 12.1 Å². The van der Waals surface area contributed by atoms with Crippen molar-refractivity contribution in [1.29, 1.82) is 0 Å². The molecule has 5 nitrogen and oxygen atoms in total. The molecule has 0 bridgehead atoms. The highest BCUT2D eigenvalue weighted by Crippen LogP contribution is 2.39. The maximum Gasteiger partial charge on any atom is 0.203 e. The fourth-order valence-corrected chi connectivity index (χ4v) is 2.84. The molecule has 0 aliphatic heterocycles. The van der Waals surface area contributed by atoms with Gasteiger partial charge in [-0.2, -0.15) is 0 Å². The van der Waals surface area contributed by atoms with Gasteiger partial charge in [0.25, 0.3) is 0 Å². The Kier molecular flexibility index (Phi) is 5.70. The van der Waals surface area contributed by atoms with Crippen LogP contribution in [0.3, 0.4) is 0 Å². The normalized spacial score (nSPS) is 21.9. The van der Waals surface area contributed by atoms with E-state index in [1.54, 1.807) is 21.3 Å². The van der Waals surface area contributed by atoms with Crippen LogP contribution in [-0.2, 0) is 6.54 Å². The molecule has 1 saturated carbocycles. The first-order chi connectivity index (χ1) is 10.2. The fourth-order valence-electron chi connectivity index (χ4n) is 2.84. The summed E-state index contributed by atoms with van der Waals surface area (Å²) in [5, 5.41) is 13.1. The SMILES string of the molecule is COc1ccc(CNC2CCC(O)CC2)c(OC)c1OC. The number of aliphatic hydroxyl groups is 1. The van der Waals surface area contributed by atoms with Crippen LogP contribution in [-0.4, -0.2) is 38.6 Å². The first kappa shape index (κ1) is 15.9. The van der Waals surface area contributed by atoms with Gasteiger partial charge < -0.3 is 24.6 Å². The van der Waals surface area contributed by atoms with Gasteiger partial charge in [0.15, 0.2) is 11.5 Å². The molecule has 2 N–H and O–H groups in total. The average Bonchev–Trinajstić information content (AvgIpc) is 2.53. The molecule has 1 aromatic rings. The Labute approximate surface area is 126 Å². The zero-order chi connectivity index (χ0) is 15.2. The van der Waals surface area contributed by atoms with Crippen molar-refractivity contribution in [2.75, 3.05) is 21.3 Å². The van der Waals surface area contributed by atoms with Crippen LogP contribution in [0, 0.1) is 0 Å². The number of rotatable bonds is 6. The minimum atomic E-state index is -0.126. The molecule has 1 aliphatic rings. The Balaban J connectivity index is 2.05. The van der Waals surface area contributed by atoms with Crippen LogP contribution in [0.2, 0.25) is 0 Å². The molecule has 0 saturated heterocycles. The predicted octanol–water partition coefficient (Wildman–Crippen LogP) is 2.11. The van der Waals surface area contributed by atoms with E-state index in [1.807, 2.05) is 12.1 Å². The lowest BCUT2D eigenvalue weighted by molar-refractivity contribution is 0.116. The molecular weight excluding hydrogens is 270 g/mol. The average molecular weight is 295 g/mol. The van der Waals surface area contributed by atoms with Gasteiger partial charge in [-0.25, -0.2) is 0 Å². The molecule has 0 atom stereocenters. The third-order valence-corrected chi connectivity index (χ3v) is 4.06. The maximum atomic E-state index is 9.54. The van der Waals surface area contributed by atoms with Crippen molar-refractivity contribution in [3.8, 4) is 17.2 Å². The highest BCUT2D eigenvalue weighted by Gasteiger charge is 2.20. The number of benzene rings is 1. The molecule has 0 spiro atoms. The highest BCUT2D eigenvalue weighted by atomic mass is 16.5. The largest absolute Gasteiger partial charge is 0.493 e. The highest BCUT2D eigenvalue weighted by molar-refractivity contribution is 5.55. The van der Waals surface area contributed by atoms with Gasteiger partial charge in [-0.15, -0.1) is 0 Å². The molecule has 1 aliphatic carbocycles. The topological polar surface area (TPSA) is 60.0 Å². The minimum absolute atomic E-state index is 0.126. The van der Waals surface area contributed by atoms with E-state index in [0.717, 1.165) is 31.2 Å². The van der Waals surface area contributed by atoms with E-state index in [2.05, 4.69) is 5.32 Å². The van der Waals surface area contributed by atoms with E-state index in [9.17, 15) is 5.11 Å². The van der Waals surface area contributed by atoms with Crippen LogP contribution in [0.1, 0.15) is 31.2 Å². The molecule has 2 rings (SSSR count). The number of hydrogen-bond donors (Lipinski definition) is 2. The maximum absolute atomic E-state index is 9.54. The zero-order valence-electron chi connectivity index (χ0n) is 13.0. The lowest BCUT2D eigenvalue weighted by Crippen LogP contribution is -2.34. The van der Waals surface area contributed by atoms with Crippen LogP contribution >= 0.6 is 0 Å². The molecule has 21 heavy (non-hydrogen) atoms. The number of aliphatic hydroxyl groups excluding tert-OH is 1. The van der Waals surface area contributed by atoms with E-state index >= 15 is 0 Å². The van der Waals surface area contributed by atoms with Crippen molar-refractivity contribution in [2.45, 2.75) is 44.4 Å².